The van der Waals surface area contributed by atoms with E-state index in [9.17, 15) is 18.0 Å². The van der Waals surface area contributed by atoms with Crippen LogP contribution in [0.5, 0.6) is 5.75 Å². The van der Waals surface area contributed by atoms with E-state index in [1.54, 1.807) is 41.4 Å². The Morgan fingerprint density at radius 3 is 2.53 bits per heavy atom. The number of rotatable bonds is 4. The number of aromatic nitrogens is 1. The van der Waals surface area contributed by atoms with Crippen LogP contribution in [0.25, 0.3) is 11.1 Å². The van der Waals surface area contributed by atoms with E-state index in [0.717, 1.165) is 12.0 Å². The van der Waals surface area contributed by atoms with Crippen molar-refractivity contribution in [3.63, 3.8) is 0 Å². The van der Waals surface area contributed by atoms with Crippen LogP contribution in [0.15, 0.2) is 73.1 Å². The van der Waals surface area contributed by atoms with Crippen LogP contribution in [0, 0.1) is 0 Å². The van der Waals surface area contributed by atoms with Gasteiger partial charge in [-0.1, -0.05) is 30.3 Å². The molecule has 0 saturated carbocycles. The predicted molar refractivity (Wildman–Crippen MR) is 106 cm³/mol. The summed E-state index contributed by atoms with van der Waals surface area (Å²) in [6, 6.07) is 16.5. The second-order valence-corrected chi connectivity index (χ2v) is 7.18. The number of pyridine rings is 1. The number of carbonyl (C=O) groups is 1. The maximum Gasteiger partial charge on any atom is 0.573 e. The van der Waals surface area contributed by atoms with E-state index in [2.05, 4.69) is 9.72 Å². The Kier molecular flexibility index (Phi) is 5.44. The molecule has 0 radical (unpaired) electrons. The standard InChI is InChI=1S/C23H19F3N2O2/c24-23(25,26)30-21-8-2-5-17(13-21)16-4-1-6-18(12-16)22(29)28-11-9-20(15-28)19-7-3-10-27-14-19/h1-8,10,12-14,20H,9,11,15H2. The van der Waals surface area contributed by atoms with Gasteiger partial charge in [0.05, 0.1) is 0 Å². The highest BCUT2D eigenvalue weighted by Crippen LogP contribution is 2.30. The molecule has 154 valence electrons. The summed E-state index contributed by atoms with van der Waals surface area (Å²) in [4.78, 5) is 19.0. The third-order valence-corrected chi connectivity index (χ3v) is 5.14. The van der Waals surface area contributed by atoms with Crippen molar-refractivity contribution in [2.24, 2.45) is 0 Å². The van der Waals surface area contributed by atoms with Crippen molar-refractivity contribution in [3.8, 4) is 16.9 Å². The summed E-state index contributed by atoms with van der Waals surface area (Å²) in [5.41, 5.74) is 2.81. The van der Waals surface area contributed by atoms with Gasteiger partial charge in [-0.15, -0.1) is 13.2 Å². The van der Waals surface area contributed by atoms with E-state index in [0.29, 0.717) is 29.8 Å². The van der Waals surface area contributed by atoms with Gasteiger partial charge in [0.25, 0.3) is 5.91 Å². The molecule has 1 fully saturated rings. The first-order chi connectivity index (χ1) is 14.4. The van der Waals surface area contributed by atoms with Crippen molar-refractivity contribution in [2.75, 3.05) is 13.1 Å². The van der Waals surface area contributed by atoms with Crippen molar-refractivity contribution in [3.05, 3.63) is 84.2 Å². The van der Waals surface area contributed by atoms with Crippen molar-refractivity contribution >= 4 is 5.91 Å². The molecule has 0 bridgehead atoms. The molecule has 2 aromatic carbocycles. The van der Waals surface area contributed by atoms with Crippen LogP contribution < -0.4 is 4.74 Å². The summed E-state index contributed by atoms with van der Waals surface area (Å²) in [5, 5.41) is 0. The molecule has 7 heteroatoms. The highest BCUT2D eigenvalue weighted by Gasteiger charge is 2.31. The summed E-state index contributed by atoms with van der Waals surface area (Å²) in [6.07, 6.45) is -0.332. The zero-order valence-electron chi connectivity index (χ0n) is 16.0. The minimum Gasteiger partial charge on any atom is -0.406 e. The van der Waals surface area contributed by atoms with Gasteiger partial charge in [0.15, 0.2) is 0 Å². The maximum atomic E-state index is 13.0. The fourth-order valence-corrected chi connectivity index (χ4v) is 3.72. The number of nitrogens with zero attached hydrogens (tertiary/aromatic N) is 2. The highest BCUT2D eigenvalue weighted by atomic mass is 19.4. The van der Waals surface area contributed by atoms with Crippen molar-refractivity contribution in [2.45, 2.75) is 18.7 Å². The average molecular weight is 412 g/mol. The van der Waals surface area contributed by atoms with E-state index in [4.69, 9.17) is 0 Å². The minimum atomic E-state index is -4.75. The van der Waals surface area contributed by atoms with Crippen LogP contribution in [-0.4, -0.2) is 35.2 Å². The number of carbonyl (C=O) groups excluding carboxylic acids is 1. The highest BCUT2D eigenvalue weighted by molar-refractivity contribution is 5.95. The van der Waals surface area contributed by atoms with Crippen LogP contribution in [0.2, 0.25) is 0 Å². The molecule has 3 aromatic rings. The van der Waals surface area contributed by atoms with Crippen LogP contribution in [0.3, 0.4) is 0 Å². The Bertz CT molecular complexity index is 1040. The van der Waals surface area contributed by atoms with Crippen molar-refractivity contribution in [1.29, 1.82) is 0 Å². The monoisotopic (exact) mass is 412 g/mol. The van der Waals surface area contributed by atoms with Gasteiger partial charge in [0.1, 0.15) is 5.75 Å². The van der Waals surface area contributed by atoms with Gasteiger partial charge < -0.3 is 9.64 Å². The normalized spacial score (nSPS) is 16.5. The SMILES string of the molecule is O=C(c1cccc(-c2cccc(OC(F)(F)F)c2)c1)N1CCC(c2cccnc2)C1. The molecular formula is C23H19F3N2O2. The molecule has 1 aliphatic rings. The average Bonchev–Trinajstić information content (AvgIpc) is 3.23. The first-order valence-electron chi connectivity index (χ1n) is 9.54. The van der Waals surface area contributed by atoms with E-state index >= 15 is 0 Å². The number of ether oxygens (including phenoxy) is 1. The Labute approximate surface area is 171 Å². The number of benzene rings is 2. The van der Waals surface area contributed by atoms with Gasteiger partial charge >= 0.3 is 6.36 Å². The van der Waals surface area contributed by atoms with Gasteiger partial charge in [-0.25, -0.2) is 0 Å². The third kappa shape index (κ3) is 4.62. The molecule has 1 unspecified atom stereocenters. The molecule has 0 N–H and O–H groups in total. The number of likely N-dealkylation sites (tertiary alicyclic amines) is 1. The molecule has 4 rings (SSSR count). The number of amides is 1. The summed E-state index contributed by atoms with van der Waals surface area (Å²) >= 11 is 0. The summed E-state index contributed by atoms with van der Waals surface area (Å²) in [7, 11) is 0. The van der Waals surface area contributed by atoms with Crippen LogP contribution >= 0.6 is 0 Å². The summed E-state index contributed by atoms with van der Waals surface area (Å²) in [6.45, 7) is 1.27. The molecule has 1 aliphatic heterocycles. The summed E-state index contributed by atoms with van der Waals surface area (Å²) < 4.78 is 41.5. The number of halogens is 3. The van der Waals surface area contributed by atoms with Crippen molar-refractivity contribution < 1.29 is 22.7 Å². The van der Waals surface area contributed by atoms with Gasteiger partial charge in [0.2, 0.25) is 0 Å². The first kappa shape index (κ1) is 19.9. The van der Waals surface area contributed by atoms with Gasteiger partial charge in [-0.3, -0.25) is 9.78 Å². The van der Waals surface area contributed by atoms with E-state index < -0.39 is 6.36 Å². The van der Waals surface area contributed by atoms with Crippen molar-refractivity contribution in [1.82, 2.24) is 9.88 Å². The molecule has 4 nitrogen and oxygen atoms in total. The van der Waals surface area contributed by atoms with E-state index in [1.807, 2.05) is 18.3 Å². The Morgan fingerprint density at radius 1 is 1.03 bits per heavy atom. The molecule has 0 spiro atoms. The fourth-order valence-electron chi connectivity index (χ4n) is 3.72. The lowest BCUT2D eigenvalue weighted by Crippen LogP contribution is -2.28. The number of hydrogen-bond donors (Lipinski definition) is 0. The lowest BCUT2D eigenvalue weighted by molar-refractivity contribution is -0.274. The molecule has 2 heterocycles. The lowest BCUT2D eigenvalue weighted by atomic mass is 10.0. The van der Waals surface area contributed by atoms with Crippen LogP contribution in [-0.2, 0) is 0 Å². The van der Waals surface area contributed by atoms with Crippen LogP contribution in [0.1, 0.15) is 28.3 Å². The Balaban J connectivity index is 1.51. The second kappa shape index (κ2) is 8.18. The maximum absolute atomic E-state index is 13.0. The minimum absolute atomic E-state index is 0.0917. The molecule has 1 atom stereocenters. The largest absolute Gasteiger partial charge is 0.573 e. The van der Waals surface area contributed by atoms with Gasteiger partial charge in [-0.2, -0.15) is 0 Å². The zero-order chi connectivity index (χ0) is 21.1. The number of alkyl halides is 3. The third-order valence-electron chi connectivity index (χ3n) is 5.14. The quantitative estimate of drug-likeness (QED) is 0.586. The molecule has 1 amide bonds. The summed E-state index contributed by atoms with van der Waals surface area (Å²) in [5.74, 6) is -0.136. The first-order valence-corrected chi connectivity index (χ1v) is 9.54. The predicted octanol–water partition coefficient (Wildman–Crippen LogP) is 5.28. The van der Waals surface area contributed by atoms with Gasteiger partial charge in [-0.05, 0) is 53.4 Å². The molecule has 0 aliphatic carbocycles. The van der Waals surface area contributed by atoms with E-state index in [1.165, 1.54) is 18.2 Å². The van der Waals surface area contributed by atoms with E-state index in [-0.39, 0.29) is 17.6 Å². The topological polar surface area (TPSA) is 42.4 Å². The smallest absolute Gasteiger partial charge is 0.406 e. The lowest BCUT2D eigenvalue weighted by Gasteiger charge is -2.17. The fraction of sp³-hybridized carbons (Fsp3) is 0.217. The Hall–Kier alpha value is -3.35. The van der Waals surface area contributed by atoms with Gasteiger partial charge in [0, 0.05) is 37.0 Å². The molecule has 1 saturated heterocycles. The number of hydrogen-bond acceptors (Lipinski definition) is 3. The molecular weight excluding hydrogens is 393 g/mol. The molecule has 1 aromatic heterocycles. The zero-order valence-corrected chi connectivity index (χ0v) is 16.0. The Morgan fingerprint density at radius 2 is 1.80 bits per heavy atom. The van der Waals surface area contributed by atoms with Crippen LogP contribution in [0.4, 0.5) is 13.2 Å². The second-order valence-electron chi connectivity index (χ2n) is 7.18. The molecule has 30 heavy (non-hydrogen) atoms.